The van der Waals surface area contributed by atoms with E-state index in [9.17, 15) is 22.8 Å². The second-order valence-electron chi connectivity index (χ2n) is 9.16. The van der Waals surface area contributed by atoms with Crippen LogP contribution in [0, 0.1) is 5.92 Å². The second-order valence-corrected chi connectivity index (χ2v) is 9.16. The number of aromatic nitrogens is 1. The molecule has 1 unspecified atom stereocenters. The van der Waals surface area contributed by atoms with Crippen LogP contribution in [0.15, 0.2) is 36.5 Å². The maximum Gasteiger partial charge on any atom is 0.417 e. The van der Waals surface area contributed by atoms with Gasteiger partial charge in [0.05, 0.1) is 11.5 Å². The van der Waals surface area contributed by atoms with Gasteiger partial charge in [0.1, 0.15) is 5.82 Å². The lowest BCUT2D eigenvalue weighted by molar-refractivity contribution is -0.138. The van der Waals surface area contributed by atoms with E-state index in [0.29, 0.717) is 50.9 Å². The molecule has 2 fully saturated rings. The fourth-order valence-electron chi connectivity index (χ4n) is 4.59. The molecule has 3 amide bonds. The van der Waals surface area contributed by atoms with E-state index >= 15 is 0 Å². The van der Waals surface area contributed by atoms with Gasteiger partial charge in [-0.05, 0) is 55.0 Å². The predicted molar refractivity (Wildman–Crippen MR) is 119 cm³/mol. The number of carbonyl (C=O) groups is 2. The van der Waals surface area contributed by atoms with Gasteiger partial charge in [0, 0.05) is 44.1 Å². The van der Waals surface area contributed by atoms with Crippen LogP contribution in [-0.4, -0.2) is 52.4 Å². The molecule has 1 saturated carbocycles. The first-order chi connectivity index (χ1) is 16.3. The summed E-state index contributed by atoms with van der Waals surface area (Å²) in [4.78, 5) is 32.9. The molecule has 34 heavy (non-hydrogen) atoms. The van der Waals surface area contributed by atoms with Gasteiger partial charge in [-0.1, -0.05) is 12.1 Å². The van der Waals surface area contributed by atoms with Crippen LogP contribution >= 0.6 is 0 Å². The Balaban J connectivity index is 1.22. The summed E-state index contributed by atoms with van der Waals surface area (Å²) in [5.74, 6) is 0.203. The van der Waals surface area contributed by atoms with E-state index in [1.54, 1.807) is 4.90 Å². The van der Waals surface area contributed by atoms with Crippen molar-refractivity contribution in [2.75, 3.05) is 25.0 Å². The van der Waals surface area contributed by atoms with Crippen molar-refractivity contribution < 1.29 is 22.8 Å². The Labute approximate surface area is 195 Å². The van der Waals surface area contributed by atoms with Crippen molar-refractivity contribution in [1.29, 1.82) is 0 Å². The maximum absolute atomic E-state index is 13.2. The van der Waals surface area contributed by atoms with Gasteiger partial charge in [-0.15, -0.1) is 0 Å². The quantitative estimate of drug-likeness (QED) is 0.706. The zero-order valence-corrected chi connectivity index (χ0v) is 18.6. The number of nitrogens with zero attached hydrogens (tertiary/aromatic N) is 3. The third-order valence-corrected chi connectivity index (χ3v) is 6.66. The molecule has 10 heteroatoms. The van der Waals surface area contributed by atoms with E-state index < -0.39 is 11.7 Å². The van der Waals surface area contributed by atoms with Gasteiger partial charge in [-0.3, -0.25) is 4.79 Å². The Morgan fingerprint density at radius 2 is 1.85 bits per heavy atom. The molecule has 1 aromatic carbocycles. The molecule has 2 N–H and O–H groups in total. The number of anilines is 2. The Morgan fingerprint density at radius 3 is 2.56 bits per heavy atom. The average Bonchev–Trinajstić information content (AvgIpc) is 3.49. The highest BCUT2D eigenvalue weighted by Crippen LogP contribution is 2.32. The van der Waals surface area contributed by atoms with Crippen molar-refractivity contribution in [3.05, 3.63) is 53.2 Å². The highest BCUT2D eigenvalue weighted by Gasteiger charge is 2.36. The van der Waals surface area contributed by atoms with Crippen LogP contribution in [0.25, 0.3) is 0 Å². The number of nitrogens with one attached hydrogen (secondary N) is 2. The van der Waals surface area contributed by atoms with Crippen molar-refractivity contribution in [3.63, 3.8) is 0 Å². The van der Waals surface area contributed by atoms with Crippen LogP contribution in [0.2, 0.25) is 0 Å². The van der Waals surface area contributed by atoms with E-state index in [-0.39, 0.29) is 17.9 Å². The lowest BCUT2D eigenvalue weighted by atomic mass is 9.96. The van der Waals surface area contributed by atoms with E-state index in [1.165, 1.54) is 6.07 Å². The van der Waals surface area contributed by atoms with Crippen LogP contribution in [0.3, 0.4) is 0 Å². The number of hydrogen-bond donors (Lipinski definition) is 2. The average molecular weight is 473 g/mol. The highest BCUT2D eigenvalue weighted by atomic mass is 19.4. The Hall–Kier alpha value is -3.30. The fraction of sp³-hybridized carbons (Fsp3) is 0.458. The molecule has 0 spiro atoms. The number of pyridine rings is 1. The van der Waals surface area contributed by atoms with Gasteiger partial charge in [-0.25, -0.2) is 9.78 Å². The summed E-state index contributed by atoms with van der Waals surface area (Å²) < 4.78 is 38.4. The van der Waals surface area contributed by atoms with Crippen molar-refractivity contribution in [1.82, 2.24) is 20.1 Å². The molecule has 0 radical (unpaired) electrons. The first-order valence-electron chi connectivity index (χ1n) is 11.5. The number of carbonyl (C=O) groups excluding carboxylic acids is 2. The lowest BCUT2D eigenvalue weighted by Gasteiger charge is -2.32. The summed E-state index contributed by atoms with van der Waals surface area (Å²) in [6, 6.07) is 8.22. The van der Waals surface area contributed by atoms with Crippen molar-refractivity contribution >= 4 is 23.4 Å². The first kappa shape index (κ1) is 22.5. The number of benzene rings is 1. The Morgan fingerprint density at radius 1 is 1.03 bits per heavy atom. The summed E-state index contributed by atoms with van der Waals surface area (Å²) in [6.07, 6.45) is -0.258. The molecule has 0 bridgehead atoms. The molecule has 2 aromatic rings. The van der Waals surface area contributed by atoms with Gasteiger partial charge < -0.3 is 20.4 Å². The summed E-state index contributed by atoms with van der Waals surface area (Å²) in [5, 5.41) is 6.09. The molecule has 5 rings (SSSR count). The van der Waals surface area contributed by atoms with Crippen LogP contribution in [0.4, 0.5) is 29.5 Å². The second kappa shape index (κ2) is 8.81. The van der Waals surface area contributed by atoms with Crippen molar-refractivity contribution in [3.8, 4) is 0 Å². The molecule has 1 aliphatic carbocycles. The third-order valence-electron chi connectivity index (χ3n) is 6.66. The summed E-state index contributed by atoms with van der Waals surface area (Å²) >= 11 is 0. The number of halogens is 3. The third kappa shape index (κ3) is 4.80. The van der Waals surface area contributed by atoms with E-state index in [2.05, 4.69) is 15.6 Å². The van der Waals surface area contributed by atoms with Crippen LogP contribution in [-0.2, 0) is 23.9 Å². The zero-order valence-electron chi connectivity index (χ0n) is 18.6. The van der Waals surface area contributed by atoms with Crippen molar-refractivity contribution in [2.24, 2.45) is 5.92 Å². The van der Waals surface area contributed by atoms with Crippen LogP contribution in [0.5, 0.6) is 0 Å². The minimum Gasteiger partial charge on any atom is -0.340 e. The topological polar surface area (TPSA) is 77.6 Å². The number of likely N-dealkylation sites (tertiary alicyclic amines) is 1. The molecule has 1 atom stereocenters. The summed E-state index contributed by atoms with van der Waals surface area (Å²) in [6.45, 7) is 2.06. The molecule has 2 aliphatic heterocycles. The summed E-state index contributed by atoms with van der Waals surface area (Å²) in [7, 11) is 0. The number of hydrogen-bond acceptors (Lipinski definition) is 4. The van der Waals surface area contributed by atoms with Gasteiger partial charge in [0.2, 0.25) is 5.91 Å². The largest absolute Gasteiger partial charge is 0.417 e. The SMILES string of the molecule is O=C(NC1CC1)N1CCC(C(=O)N2CCc3c(cccc3Nc3ccc(C(F)(F)F)cn3)C2)C1. The number of alkyl halides is 3. The number of rotatable bonds is 4. The molecule has 1 aromatic heterocycles. The number of amides is 3. The molecule has 1 saturated heterocycles. The standard InChI is InChI=1S/C24H26F3N5O2/c25-24(26,27)17-4-7-21(28-12-17)30-20-3-1-2-15-13-31(11-9-19(15)20)22(33)16-8-10-32(14-16)23(34)29-18-5-6-18/h1-4,7,12,16,18H,5-6,8-11,13-14H2,(H,28,30)(H,29,34). The van der Waals surface area contributed by atoms with E-state index in [1.807, 2.05) is 23.1 Å². The van der Waals surface area contributed by atoms with Gasteiger partial charge in [0.15, 0.2) is 0 Å². The molecule has 3 aliphatic rings. The van der Waals surface area contributed by atoms with Gasteiger partial charge >= 0.3 is 12.2 Å². The van der Waals surface area contributed by atoms with Crippen LogP contribution < -0.4 is 10.6 Å². The highest BCUT2D eigenvalue weighted by molar-refractivity contribution is 5.82. The van der Waals surface area contributed by atoms with Crippen molar-refractivity contribution in [2.45, 2.75) is 44.4 Å². The normalized spacial score (nSPS) is 20.1. The van der Waals surface area contributed by atoms with Gasteiger partial charge in [-0.2, -0.15) is 13.2 Å². The van der Waals surface area contributed by atoms with E-state index in [4.69, 9.17) is 0 Å². The lowest BCUT2D eigenvalue weighted by Crippen LogP contribution is -2.43. The first-order valence-corrected chi connectivity index (χ1v) is 11.5. The molecule has 180 valence electrons. The molecular formula is C24H26F3N5O2. The number of urea groups is 1. The molecule has 3 heterocycles. The Bertz CT molecular complexity index is 1090. The van der Waals surface area contributed by atoms with Crippen LogP contribution in [0.1, 0.15) is 36.0 Å². The van der Waals surface area contributed by atoms with E-state index in [0.717, 1.165) is 41.9 Å². The zero-order chi connectivity index (χ0) is 23.9. The molecular weight excluding hydrogens is 447 g/mol. The summed E-state index contributed by atoms with van der Waals surface area (Å²) in [5.41, 5.74) is 2.02. The predicted octanol–water partition coefficient (Wildman–Crippen LogP) is 3.92. The fourth-order valence-corrected chi connectivity index (χ4v) is 4.59. The maximum atomic E-state index is 13.2. The van der Waals surface area contributed by atoms with Gasteiger partial charge in [0.25, 0.3) is 0 Å². The Kier molecular flexibility index (Phi) is 5.83. The minimum atomic E-state index is -4.43. The monoisotopic (exact) mass is 473 g/mol. The number of fused-ring (bicyclic) bond motifs is 1. The molecule has 7 nitrogen and oxygen atoms in total. The minimum absolute atomic E-state index is 0.0649. The smallest absolute Gasteiger partial charge is 0.340 e.